The van der Waals surface area contributed by atoms with Crippen LogP contribution in [0.1, 0.15) is 22.7 Å². The van der Waals surface area contributed by atoms with Crippen LogP contribution in [0, 0.1) is 12.7 Å². The third kappa shape index (κ3) is 2.72. The number of nitrogens with two attached hydrogens (primary N) is 1. The SMILES string of the molecule is COc1ccc(C(N)c2c(F)cccc2Cl)c(C)c1. The van der Waals surface area contributed by atoms with Gasteiger partial charge in [0.05, 0.1) is 13.2 Å². The predicted octanol–water partition coefficient (Wildman–Crippen LogP) is 3.84. The smallest absolute Gasteiger partial charge is 0.129 e. The lowest BCUT2D eigenvalue weighted by Crippen LogP contribution is -2.15. The summed E-state index contributed by atoms with van der Waals surface area (Å²) in [6.45, 7) is 1.91. The van der Waals surface area contributed by atoms with E-state index in [9.17, 15) is 4.39 Å². The van der Waals surface area contributed by atoms with Gasteiger partial charge in [-0.2, -0.15) is 0 Å². The Bertz CT molecular complexity index is 580. The maximum Gasteiger partial charge on any atom is 0.129 e. The lowest BCUT2D eigenvalue weighted by Gasteiger charge is -2.18. The van der Waals surface area contributed by atoms with Crippen molar-refractivity contribution >= 4 is 11.6 Å². The second-order valence-electron chi connectivity index (χ2n) is 4.34. The second kappa shape index (κ2) is 5.59. The topological polar surface area (TPSA) is 35.2 Å². The third-order valence-corrected chi connectivity index (χ3v) is 3.45. The molecule has 2 nitrogen and oxygen atoms in total. The van der Waals surface area contributed by atoms with Crippen molar-refractivity contribution in [2.75, 3.05) is 7.11 Å². The highest BCUT2D eigenvalue weighted by molar-refractivity contribution is 6.31. The van der Waals surface area contributed by atoms with Crippen LogP contribution in [-0.4, -0.2) is 7.11 Å². The van der Waals surface area contributed by atoms with Crippen LogP contribution < -0.4 is 10.5 Å². The minimum atomic E-state index is -0.598. The van der Waals surface area contributed by atoms with Gasteiger partial charge in [0, 0.05) is 10.6 Å². The Kier molecular flexibility index (Phi) is 4.08. The molecule has 0 spiro atoms. The van der Waals surface area contributed by atoms with Crippen molar-refractivity contribution in [2.45, 2.75) is 13.0 Å². The van der Waals surface area contributed by atoms with E-state index < -0.39 is 11.9 Å². The van der Waals surface area contributed by atoms with E-state index in [-0.39, 0.29) is 0 Å². The van der Waals surface area contributed by atoms with Gasteiger partial charge in [-0.3, -0.25) is 0 Å². The van der Waals surface area contributed by atoms with Gasteiger partial charge in [0.25, 0.3) is 0 Å². The summed E-state index contributed by atoms with van der Waals surface area (Å²) in [5, 5.41) is 0.336. The molecule has 0 fully saturated rings. The van der Waals surface area contributed by atoms with Crippen LogP contribution in [0.15, 0.2) is 36.4 Å². The first-order valence-corrected chi connectivity index (χ1v) is 6.26. The zero-order valence-electron chi connectivity index (χ0n) is 10.8. The van der Waals surface area contributed by atoms with Gasteiger partial charge in [-0.05, 0) is 42.3 Å². The van der Waals surface area contributed by atoms with Crippen LogP contribution >= 0.6 is 11.6 Å². The van der Waals surface area contributed by atoms with Crippen molar-refractivity contribution < 1.29 is 9.13 Å². The van der Waals surface area contributed by atoms with E-state index in [0.717, 1.165) is 16.9 Å². The molecule has 0 aliphatic rings. The van der Waals surface area contributed by atoms with Gasteiger partial charge in [0.2, 0.25) is 0 Å². The van der Waals surface area contributed by atoms with Gasteiger partial charge < -0.3 is 10.5 Å². The normalized spacial score (nSPS) is 12.3. The molecule has 100 valence electrons. The quantitative estimate of drug-likeness (QED) is 0.926. The van der Waals surface area contributed by atoms with Crippen LogP contribution in [-0.2, 0) is 0 Å². The fourth-order valence-electron chi connectivity index (χ4n) is 2.09. The number of halogens is 2. The number of rotatable bonds is 3. The molecule has 4 heteroatoms. The molecule has 1 unspecified atom stereocenters. The molecule has 0 radical (unpaired) electrons. The largest absolute Gasteiger partial charge is 0.497 e. The molecule has 0 heterocycles. The lowest BCUT2D eigenvalue weighted by atomic mass is 9.95. The number of ether oxygens (including phenoxy) is 1. The number of benzene rings is 2. The molecule has 19 heavy (non-hydrogen) atoms. The summed E-state index contributed by atoms with van der Waals surface area (Å²) in [6.07, 6.45) is 0. The van der Waals surface area contributed by atoms with Crippen molar-refractivity contribution in [1.29, 1.82) is 0 Å². The highest BCUT2D eigenvalue weighted by Crippen LogP contribution is 2.31. The zero-order valence-corrected chi connectivity index (χ0v) is 11.5. The Labute approximate surface area is 117 Å². The van der Waals surface area contributed by atoms with E-state index in [1.807, 2.05) is 19.1 Å². The van der Waals surface area contributed by atoms with Crippen LogP contribution in [0.4, 0.5) is 4.39 Å². The minimum absolute atomic E-state index is 0.317. The molecule has 2 rings (SSSR count). The average Bonchev–Trinajstić information content (AvgIpc) is 2.38. The van der Waals surface area contributed by atoms with Crippen molar-refractivity contribution in [2.24, 2.45) is 5.73 Å². The van der Waals surface area contributed by atoms with Crippen molar-refractivity contribution in [1.82, 2.24) is 0 Å². The Balaban J connectivity index is 2.47. The van der Waals surface area contributed by atoms with Gasteiger partial charge in [-0.25, -0.2) is 4.39 Å². The van der Waals surface area contributed by atoms with E-state index >= 15 is 0 Å². The van der Waals surface area contributed by atoms with Crippen molar-refractivity contribution in [3.05, 3.63) is 63.9 Å². The van der Waals surface area contributed by atoms with E-state index in [4.69, 9.17) is 22.1 Å². The molecule has 1 atom stereocenters. The Morgan fingerprint density at radius 3 is 2.58 bits per heavy atom. The highest BCUT2D eigenvalue weighted by atomic mass is 35.5. The molecule has 2 aromatic carbocycles. The molecule has 0 bridgehead atoms. The van der Waals surface area contributed by atoms with Crippen molar-refractivity contribution in [3.8, 4) is 5.75 Å². The van der Waals surface area contributed by atoms with E-state index in [2.05, 4.69) is 0 Å². The molecule has 0 amide bonds. The van der Waals surface area contributed by atoms with Gasteiger partial charge in [0.1, 0.15) is 11.6 Å². The molecule has 0 aliphatic heterocycles. The number of methoxy groups -OCH3 is 1. The van der Waals surface area contributed by atoms with Crippen LogP contribution in [0.2, 0.25) is 5.02 Å². The lowest BCUT2D eigenvalue weighted by molar-refractivity contribution is 0.414. The van der Waals surface area contributed by atoms with Gasteiger partial charge in [0.15, 0.2) is 0 Å². The first-order valence-electron chi connectivity index (χ1n) is 5.88. The Hall–Kier alpha value is -1.58. The number of hydrogen-bond acceptors (Lipinski definition) is 2. The Morgan fingerprint density at radius 2 is 2.00 bits per heavy atom. The average molecular weight is 280 g/mol. The maximum atomic E-state index is 13.9. The summed E-state index contributed by atoms with van der Waals surface area (Å²) in [5.41, 5.74) is 8.23. The summed E-state index contributed by atoms with van der Waals surface area (Å²) in [5.74, 6) is 0.350. The molecule has 0 saturated carbocycles. The summed E-state index contributed by atoms with van der Waals surface area (Å²) in [4.78, 5) is 0. The molecule has 0 aromatic heterocycles. The number of aryl methyl sites for hydroxylation is 1. The summed E-state index contributed by atoms with van der Waals surface area (Å²) < 4.78 is 19.0. The Morgan fingerprint density at radius 1 is 1.26 bits per heavy atom. The molecule has 2 N–H and O–H groups in total. The van der Waals surface area contributed by atoms with Crippen molar-refractivity contribution in [3.63, 3.8) is 0 Å². The predicted molar refractivity (Wildman–Crippen MR) is 75.2 cm³/mol. The van der Waals surface area contributed by atoms with Gasteiger partial charge >= 0.3 is 0 Å². The minimum Gasteiger partial charge on any atom is -0.497 e. The third-order valence-electron chi connectivity index (χ3n) is 3.12. The van der Waals surface area contributed by atoms with Gasteiger partial charge in [-0.1, -0.05) is 23.7 Å². The first kappa shape index (κ1) is 13.8. The summed E-state index contributed by atoms with van der Waals surface area (Å²) >= 11 is 6.04. The van der Waals surface area contributed by atoms with E-state index in [1.165, 1.54) is 6.07 Å². The fourth-order valence-corrected chi connectivity index (χ4v) is 2.37. The van der Waals surface area contributed by atoms with Crippen LogP contribution in [0.25, 0.3) is 0 Å². The standard InChI is InChI=1S/C15H15ClFNO/c1-9-8-10(19-2)6-7-11(9)15(18)14-12(16)4-3-5-13(14)17/h3-8,15H,18H2,1-2H3. The first-order chi connectivity index (χ1) is 9.04. The second-order valence-corrected chi connectivity index (χ2v) is 4.74. The number of hydrogen-bond donors (Lipinski definition) is 1. The summed E-state index contributed by atoms with van der Waals surface area (Å²) in [6, 6.07) is 9.47. The van der Waals surface area contributed by atoms with Crippen LogP contribution in [0.5, 0.6) is 5.75 Å². The fraction of sp³-hybridized carbons (Fsp3) is 0.200. The molecule has 0 saturated heterocycles. The van der Waals surface area contributed by atoms with E-state index in [0.29, 0.717) is 10.6 Å². The van der Waals surface area contributed by atoms with E-state index in [1.54, 1.807) is 25.3 Å². The zero-order chi connectivity index (χ0) is 14.0. The summed E-state index contributed by atoms with van der Waals surface area (Å²) in [7, 11) is 1.60. The van der Waals surface area contributed by atoms with Crippen LogP contribution in [0.3, 0.4) is 0 Å². The molecular weight excluding hydrogens is 265 g/mol. The van der Waals surface area contributed by atoms with Gasteiger partial charge in [-0.15, -0.1) is 0 Å². The molecule has 2 aromatic rings. The molecular formula is C15H15ClFNO. The monoisotopic (exact) mass is 279 g/mol. The molecule has 0 aliphatic carbocycles. The highest BCUT2D eigenvalue weighted by Gasteiger charge is 2.18. The maximum absolute atomic E-state index is 13.9.